The maximum atomic E-state index is 8.79. The number of aromatic nitrogens is 1. The molecule has 0 saturated carbocycles. The van der Waals surface area contributed by atoms with Crippen molar-refractivity contribution in [2.75, 3.05) is 26.1 Å². The minimum absolute atomic E-state index is 0.313. The van der Waals surface area contributed by atoms with Crippen molar-refractivity contribution in [3.8, 4) is 11.8 Å². The van der Waals surface area contributed by atoms with Crippen LogP contribution in [0.1, 0.15) is 5.69 Å². The van der Waals surface area contributed by atoms with Crippen LogP contribution in [0.3, 0.4) is 0 Å². The molecule has 0 fully saturated rings. The molecule has 0 unspecified atom stereocenters. The van der Waals surface area contributed by atoms with Crippen LogP contribution in [0, 0.1) is 11.3 Å². The van der Waals surface area contributed by atoms with Crippen LogP contribution in [0.2, 0.25) is 0 Å². The summed E-state index contributed by atoms with van der Waals surface area (Å²) in [6.45, 7) is 0. The zero-order valence-electron chi connectivity index (χ0n) is 10.8. The molecule has 1 heterocycles. The van der Waals surface area contributed by atoms with Gasteiger partial charge in [0.05, 0.1) is 30.8 Å². The van der Waals surface area contributed by atoms with E-state index in [9.17, 15) is 0 Å². The van der Waals surface area contributed by atoms with Crippen molar-refractivity contribution in [3.63, 3.8) is 0 Å². The van der Waals surface area contributed by atoms with E-state index in [0.717, 1.165) is 28.0 Å². The molecule has 2 rings (SSSR count). The lowest BCUT2D eigenvalue weighted by atomic mass is 10.1. The minimum atomic E-state index is 0.313. The highest BCUT2D eigenvalue weighted by Crippen LogP contribution is 2.28. The van der Waals surface area contributed by atoms with E-state index in [2.05, 4.69) is 11.1 Å². The van der Waals surface area contributed by atoms with Crippen LogP contribution in [0.4, 0.5) is 5.69 Å². The van der Waals surface area contributed by atoms with E-state index >= 15 is 0 Å². The summed E-state index contributed by atoms with van der Waals surface area (Å²) in [6.07, 6.45) is 0.313. The predicted molar refractivity (Wildman–Crippen MR) is 71.9 cm³/mol. The first-order valence-electron chi connectivity index (χ1n) is 5.67. The molecule has 0 atom stereocenters. The Morgan fingerprint density at radius 3 is 2.72 bits per heavy atom. The topological polar surface area (TPSA) is 49.1 Å². The fraction of sp³-hybridized carbons (Fsp3) is 0.286. The van der Waals surface area contributed by atoms with Gasteiger partial charge in [-0.2, -0.15) is 5.26 Å². The molecule has 1 aromatic heterocycles. The monoisotopic (exact) mass is 241 g/mol. The minimum Gasteiger partial charge on any atom is -0.497 e. The molecule has 4 nitrogen and oxygen atoms in total. The number of methoxy groups -OCH3 is 1. The molecule has 0 aliphatic carbocycles. The van der Waals surface area contributed by atoms with E-state index in [1.54, 1.807) is 7.11 Å². The highest BCUT2D eigenvalue weighted by Gasteiger charge is 2.08. The fourth-order valence-corrected chi connectivity index (χ4v) is 1.91. The third-order valence-electron chi connectivity index (χ3n) is 2.79. The lowest BCUT2D eigenvalue weighted by Gasteiger charge is -2.16. The molecule has 0 amide bonds. The van der Waals surface area contributed by atoms with Crippen molar-refractivity contribution in [1.29, 1.82) is 5.26 Å². The van der Waals surface area contributed by atoms with Crippen LogP contribution in [0.5, 0.6) is 5.75 Å². The van der Waals surface area contributed by atoms with Gasteiger partial charge in [-0.1, -0.05) is 0 Å². The molecular weight excluding hydrogens is 226 g/mol. The first-order chi connectivity index (χ1) is 8.65. The SMILES string of the molecule is COc1ccc2c(N(C)C)cc(CC#N)nc2c1. The number of nitriles is 1. The van der Waals surface area contributed by atoms with Crippen molar-refractivity contribution in [2.24, 2.45) is 0 Å². The van der Waals surface area contributed by atoms with Gasteiger partial charge in [0.2, 0.25) is 0 Å². The molecule has 4 heteroatoms. The van der Waals surface area contributed by atoms with Crippen molar-refractivity contribution in [1.82, 2.24) is 4.98 Å². The summed E-state index contributed by atoms with van der Waals surface area (Å²) in [5.41, 5.74) is 2.70. The Morgan fingerprint density at radius 2 is 2.11 bits per heavy atom. The second-order valence-electron chi connectivity index (χ2n) is 4.25. The van der Waals surface area contributed by atoms with Gasteiger partial charge in [0.15, 0.2) is 0 Å². The molecule has 0 N–H and O–H groups in total. The van der Waals surface area contributed by atoms with Gasteiger partial charge >= 0.3 is 0 Å². The third kappa shape index (κ3) is 2.21. The van der Waals surface area contributed by atoms with Crippen molar-refractivity contribution < 1.29 is 4.74 Å². The average Bonchev–Trinajstić information content (AvgIpc) is 2.37. The molecule has 2 aromatic rings. The summed E-state index contributed by atoms with van der Waals surface area (Å²) in [5.74, 6) is 0.772. The first kappa shape index (κ1) is 12.2. The molecule has 0 aliphatic rings. The van der Waals surface area contributed by atoms with E-state index in [4.69, 9.17) is 10.00 Å². The van der Waals surface area contributed by atoms with E-state index in [-0.39, 0.29) is 0 Å². The number of hydrogen-bond acceptors (Lipinski definition) is 4. The molecule has 0 radical (unpaired) electrons. The van der Waals surface area contributed by atoms with Crippen LogP contribution < -0.4 is 9.64 Å². The summed E-state index contributed by atoms with van der Waals surface area (Å²) < 4.78 is 5.20. The molecule has 0 aliphatic heterocycles. The largest absolute Gasteiger partial charge is 0.497 e. The number of hydrogen-bond donors (Lipinski definition) is 0. The summed E-state index contributed by atoms with van der Waals surface area (Å²) in [5, 5.41) is 9.85. The lowest BCUT2D eigenvalue weighted by Crippen LogP contribution is -2.10. The Morgan fingerprint density at radius 1 is 1.33 bits per heavy atom. The summed E-state index contributed by atoms with van der Waals surface area (Å²) in [7, 11) is 5.59. The fourth-order valence-electron chi connectivity index (χ4n) is 1.91. The summed E-state index contributed by atoms with van der Waals surface area (Å²) >= 11 is 0. The standard InChI is InChI=1S/C14H15N3O/c1-17(2)14-8-10(6-7-15)16-13-9-11(18-3)4-5-12(13)14/h4-5,8-9H,6H2,1-3H3. The van der Waals surface area contributed by atoms with Crippen LogP contribution in [-0.2, 0) is 6.42 Å². The maximum absolute atomic E-state index is 8.79. The van der Waals surface area contributed by atoms with Crippen molar-refractivity contribution in [3.05, 3.63) is 30.0 Å². The summed E-state index contributed by atoms with van der Waals surface area (Å²) in [4.78, 5) is 6.51. The van der Waals surface area contributed by atoms with Crippen LogP contribution in [0.15, 0.2) is 24.3 Å². The Kier molecular flexibility index (Phi) is 3.33. The molecule has 0 bridgehead atoms. The van der Waals surface area contributed by atoms with Gasteiger partial charge in [0.1, 0.15) is 5.75 Å². The Bertz CT molecular complexity index is 614. The third-order valence-corrected chi connectivity index (χ3v) is 2.79. The number of pyridine rings is 1. The second-order valence-corrected chi connectivity index (χ2v) is 4.25. The number of ether oxygens (including phenoxy) is 1. The van der Waals surface area contributed by atoms with E-state index in [1.165, 1.54) is 0 Å². The Balaban J connectivity index is 2.69. The van der Waals surface area contributed by atoms with Gasteiger partial charge in [-0.3, -0.25) is 4.98 Å². The maximum Gasteiger partial charge on any atom is 0.121 e. The quantitative estimate of drug-likeness (QED) is 0.827. The summed E-state index contributed by atoms with van der Waals surface area (Å²) in [6, 6.07) is 9.89. The molecule has 92 valence electrons. The molecule has 0 spiro atoms. The van der Waals surface area contributed by atoms with Gasteiger partial charge in [-0.05, 0) is 18.2 Å². The first-order valence-corrected chi connectivity index (χ1v) is 5.67. The van der Waals surface area contributed by atoms with Crippen molar-refractivity contribution >= 4 is 16.6 Å². The second kappa shape index (κ2) is 4.92. The number of nitrogens with zero attached hydrogens (tertiary/aromatic N) is 3. The molecular formula is C14H15N3O. The van der Waals surface area contributed by atoms with Crippen LogP contribution in [0.25, 0.3) is 10.9 Å². The average molecular weight is 241 g/mol. The highest BCUT2D eigenvalue weighted by atomic mass is 16.5. The molecule has 1 aromatic carbocycles. The number of benzene rings is 1. The van der Waals surface area contributed by atoms with Gasteiger partial charge < -0.3 is 9.64 Å². The van der Waals surface area contributed by atoms with Gasteiger partial charge in [-0.15, -0.1) is 0 Å². The number of anilines is 1. The number of fused-ring (bicyclic) bond motifs is 1. The lowest BCUT2D eigenvalue weighted by molar-refractivity contribution is 0.415. The van der Waals surface area contributed by atoms with Crippen LogP contribution >= 0.6 is 0 Å². The smallest absolute Gasteiger partial charge is 0.121 e. The van der Waals surface area contributed by atoms with E-state index in [0.29, 0.717) is 6.42 Å². The van der Waals surface area contributed by atoms with E-state index < -0.39 is 0 Å². The van der Waals surface area contributed by atoms with E-state index in [1.807, 2.05) is 43.3 Å². The van der Waals surface area contributed by atoms with Gasteiger partial charge in [0.25, 0.3) is 0 Å². The highest BCUT2D eigenvalue weighted by molar-refractivity contribution is 5.92. The number of rotatable bonds is 3. The molecule has 0 saturated heterocycles. The predicted octanol–water partition coefficient (Wildman–Crippen LogP) is 2.38. The molecule has 18 heavy (non-hydrogen) atoms. The van der Waals surface area contributed by atoms with Crippen molar-refractivity contribution in [2.45, 2.75) is 6.42 Å². The van der Waals surface area contributed by atoms with Gasteiger partial charge in [0, 0.05) is 31.2 Å². The zero-order valence-corrected chi connectivity index (χ0v) is 10.8. The Hall–Kier alpha value is -2.28. The van der Waals surface area contributed by atoms with Gasteiger partial charge in [-0.25, -0.2) is 0 Å². The zero-order chi connectivity index (χ0) is 13.1. The Labute approximate surface area is 106 Å². The van der Waals surface area contributed by atoms with Crippen LogP contribution in [-0.4, -0.2) is 26.2 Å². The normalized spacial score (nSPS) is 10.1.